The van der Waals surface area contributed by atoms with E-state index in [4.69, 9.17) is 6.57 Å². The second-order valence-electron chi connectivity index (χ2n) is 13.9. The van der Waals surface area contributed by atoms with Crippen LogP contribution in [0.1, 0.15) is 5.56 Å². The summed E-state index contributed by atoms with van der Waals surface area (Å²) in [6.45, 7) is 7.59. The Balaban J connectivity index is 1.08. The molecule has 0 aliphatic carbocycles. The van der Waals surface area contributed by atoms with Gasteiger partial charge in [-0.1, -0.05) is 109 Å². The van der Waals surface area contributed by atoms with E-state index in [1.165, 1.54) is 32.6 Å². The molecule has 0 amide bonds. The van der Waals surface area contributed by atoms with Crippen molar-refractivity contribution in [3.63, 3.8) is 0 Å². The summed E-state index contributed by atoms with van der Waals surface area (Å²) in [6.07, 6.45) is 0. The predicted molar refractivity (Wildman–Crippen MR) is 226 cm³/mol. The SMILES string of the molecule is [C-]#[N+]c1ccc2c(c1)c1ccccc1n2-c1cccc(-c2ccc(-n3c4ccccc4c4c(-n5c6ccccc6c6ccccc65)cccc43)cc2)c1C#N. The molecule has 0 unspecified atom stereocenters. The second-order valence-corrected chi connectivity index (χ2v) is 13.9. The highest BCUT2D eigenvalue weighted by Gasteiger charge is 2.21. The molecule has 5 nitrogen and oxygen atoms in total. The first-order valence-electron chi connectivity index (χ1n) is 18.3. The zero-order valence-electron chi connectivity index (χ0n) is 29.5. The smallest absolute Gasteiger partial charge is 0.188 e. The van der Waals surface area contributed by atoms with E-state index in [1.807, 2.05) is 48.5 Å². The van der Waals surface area contributed by atoms with Gasteiger partial charge < -0.3 is 13.7 Å². The Bertz CT molecular complexity index is 3400. The van der Waals surface area contributed by atoms with Crippen molar-refractivity contribution in [2.75, 3.05) is 0 Å². The summed E-state index contributed by atoms with van der Waals surface area (Å²) in [5, 5.41) is 17.7. The van der Waals surface area contributed by atoms with Crippen LogP contribution in [0, 0.1) is 17.9 Å². The van der Waals surface area contributed by atoms with E-state index in [0.29, 0.717) is 11.3 Å². The minimum Gasteiger partial charge on any atom is -0.309 e. The van der Waals surface area contributed by atoms with Gasteiger partial charge >= 0.3 is 0 Å². The average Bonchev–Trinajstić information content (AvgIpc) is 3.89. The van der Waals surface area contributed by atoms with E-state index in [9.17, 15) is 5.26 Å². The number of para-hydroxylation sites is 4. The monoisotopic (exact) mass is 699 g/mol. The predicted octanol–water partition coefficient (Wildman–Crippen LogP) is 13.1. The zero-order valence-corrected chi connectivity index (χ0v) is 29.5. The molecule has 8 aromatic carbocycles. The Hall–Kier alpha value is -7.86. The van der Waals surface area contributed by atoms with E-state index in [2.05, 4.69) is 152 Å². The molecule has 5 heteroatoms. The lowest BCUT2D eigenvalue weighted by Crippen LogP contribution is -2.00. The van der Waals surface area contributed by atoms with Gasteiger partial charge in [-0.2, -0.15) is 5.26 Å². The van der Waals surface area contributed by atoms with Crippen molar-refractivity contribution < 1.29 is 0 Å². The maximum Gasteiger partial charge on any atom is 0.188 e. The van der Waals surface area contributed by atoms with E-state index in [-0.39, 0.29) is 0 Å². The highest BCUT2D eigenvalue weighted by atomic mass is 15.0. The molecule has 0 saturated heterocycles. The van der Waals surface area contributed by atoms with Crippen molar-refractivity contribution in [2.45, 2.75) is 0 Å². The molecular weight excluding hydrogens is 671 g/mol. The van der Waals surface area contributed by atoms with E-state index in [0.717, 1.165) is 61.0 Å². The quantitative estimate of drug-likeness (QED) is 0.169. The number of hydrogen-bond acceptors (Lipinski definition) is 1. The van der Waals surface area contributed by atoms with Gasteiger partial charge in [-0.25, -0.2) is 4.85 Å². The topological polar surface area (TPSA) is 42.9 Å². The van der Waals surface area contributed by atoms with Crippen LogP contribution in [0.15, 0.2) is 176 Å². The Kier molecular flexibility index (Phi) is 6.61. The molecule has 0 fully saturated rings. The molecule has 0 N–H and O–H groups in total. The van der Waals surface area contributed by atoms with Crippen LogP contribution < -0.4 is 0 Å². The fraction of sp³-hybridized carbons (Fsp3) is 0. The first-order chi connectivity index (χ1) is 27.2. The Morgan fingerprint density at radius 2 is 0.945 bits per heavy atom. The third-order valence-electron chi connectivity index (χ3n) is 11.1. The van der Waals surface area contributed by atoms with Crippen LogP contribution in [-0.4, -0.2) is 13.7 Å². The van der Waals surface area contributed by atoms with Crippen molar-refractivity contribution in [3.8, 4) is 34.3 Å². The maximum absolute atomic E-state index is 10.8. The summed E-state index contributed by atoms with van der Waals surface area (Å²) in [5.41, 5.74) is 12.6. The van der Waals surface area contributed by atoms with Crippen molar-refractivity contribution in [1.82, 2.24) is 13.7 Å². The van der Waals surface area contributed by atoms with Crippen LogP contribution in [0.3, 0.4) is 0 Å². The molecule has 0 atom stereocenters. The summed E-state index contributed by atoms with van der Waals surface area (Å²) >= 11 is 0. The summed E-state index contributed by atoms with van der Waals surface area (Å²) in [4.78, 5) is 3.68. The van der Waals surface area contributed by atoms with Crippen LogP contribution in [0.25, 0.3) is 98.5 Å². The number of benzene rings is 8. The number of nitriles is 1. The van der Waals surface area contributed by atoms with Gasteiger partial charge in [0.25, 0.3) is 0 Å². The zero-order chi connectivity index (χ0) is 36.6. The Labute approximate surface area is 316 Å². The van der Waals surface area contributed by atoms with Crippen molar-refractivity contribution in [2.24, 2.45) is 0 Å². The molecule has 0 bridgehead atoms. The largest absolute Gasteiger partial charge is 0.309 e. The molecule has 0 saturated carbocycles. The van der Waals surface area contributed by atoms with Gasteiger partial charge in [-0.15, -0.1) is 0 Å². The third kappa shape index (κ3) is 4.39. The van der Waals surface area contributed by atoms with Gasteiger partial charge in [0.15, 0.2) is 5.69 Å². The molecule has 0 aliphatic heterocycles. The minimum absolute atomic E-state index is 0.593. The lowest BCUT2D eigenvalue weighted by atomic mass is 9.98. The molecule has 11 aromatic rings. The van der Waals surface area contributed by atoms with Crippen LogP contribution in [0.4, 0.5) is 5.69 Å². The molecule has 0 radical (unpaired) electrons. The van der Waals surface area contributed by atoms with Gasteiger partial charge in [-0.3, -0.25) is 0 Å². The highest BCUT2D eigenvalue weighted by Crippen LogP contribution is 2.41. The summed E-state index contributed by atoms with van der Waals surface area (Å²) < 4.78 is 6.91. The van der Waals surface area contributed by atoms with Gasteiger partial charge in [0.1, 0.15) is 6.07 Å². The lowest BCUT2D eigenvalue weighted by Gasteiger charge is -2.14. The first kappa shape index (κ1) is 30.7. The molecule has 254 valence electrons. The van der Waals surface area contributed by atoms with Crippen molar-refractivity contribution in [1.29, 1.82) is 5.26 Å². The Morgan fingerprint density at radius 1 is 0.436 bits per heavy atom. The normalized spacial score (nSPS) is 11.6. The molecule has 0 spiro atoms. The van der Waals surface area contributed by atoms with Crippen molar-refractivity contribution in [3.05, 3.63) is 193 Å². The molecule has 0 aliphatic rings. The number of aromatic nitrogens is 3. The number of nitrogens with zero attached hydrogens (tertiary/aromatic N) is 5. The molecule has 3 heterocycles. The van der Waals surface area contributed by atoms with Gasteiger partial charge in [0.2, 0.25) is 0 Å². The molecular formula is C50H29N5. The standard InChI is InChI=1S/C50H29N5/c1-52-33-26-29-47-40(30-33)38-14-4-8-19-44(38)54(47)46-21-10-16-35(41(46)31-51)32-24-27-34(28-25-32)53-45-20-9-5-15-39(45)50-48(53)22-11-23-49(50)55-42-17-6-2-12-36(42)37-13-3-7-18-43(37)55/h2-30H. The third-order valence-corrected chi connectivity index (χ3v) is 11.1. The minimum atomic E-state index is 0.593. The maximum atomic E-state index is 10.8. The van der Waals surface area contributed by atoms with Crippen molar-refractivity contribution >= 4 is 71.1 Å². The summed E-state index contributed by atoms with van der Waals surface area (Å²) in [7, 11) is 0. The van der Waals surface area contributed by atoms with Gasteiger partial charge in [-0.05, 0) is 77.7 Å². The number of hydrogen-bond donors (Lipinski definition) is 0. The number of rotatable bonds is 4. The summed E-state index contributed by atoms with van der Waals surface area (Å²) in [6, 6.07) is 63.7. The average molecular weight is 700 g/mol. The van der Waals surface area contributed by atoms with Gasteiger partial charge in [0, 0.05) is 38.2 Å². The Morgan fingerprint density at radius 3 is 1.58 bits per heavy atom. The molecule has 55 heavy (non-hydrogen) atoms. The van der Waals surface area contributed by atoms with E-state index < -0.39 is 0 Å². The van der Waals surface area contributed by atoms with Crippen LogP contribution in [0.2, 0.25) is 0 Å². The van der Waals surface area contributed by atoms with Gasteiger partial charge in [0.05, 0.1) is 56.6 Å². The summed E-state index contributed by atoms with van der Waals surface area (Å²) in [5.74, 6) is 0. The highest BCUT2D eigenvalue weighted by molar-refractivity contribution is 6.16. The van der Waals surface area contributed by atoms with Crippen LogP contribution in [0.5, 0.6) is 0 Å². The number of fused-ring (bicyclic) bond motifs is 9. The lowest BCUT2D eigenvalue weighted by molar-refractivity contribution is 1.16. The van der Waals surface area contributed by atoms with Crippen LogP contribution >= 0.6 is 0 Å². The fourth-order valence-electron chi connectivity index (χ4n) is 8.81. The fourth-order valence-corrected chi connectivity index (χ4v) is 8.81. The second kappa shape index (κ2) is 11.8. The molecule has 11 rings (SSSR count). The van der Waals surface area contributed by atoms with Crippen LogP contribution in [-0.2, 0) is 0 Å². The first-order valence-corrected chi connectivity index (χ1v) is 18.3. The van der Waals surface area contributed by atoms with E-state index in [1.54, 1.807) is 0 Å². The molecule has 3 aromatic heterocycles. The van der Waals surface area contributed by atoms with E-state index >= 15 is 0 Å².